The number of methoxy groups -OCH3 is 1. The van der Waals surface area contributed by atoms with Crippen LogP contribution in [0, 0.1) is 28.6 Å². The average molecular weight is 331 g/mol. The van der Waals surface area contributed by atoms with E-state index in [0.717, 1.165) is 19.3 Å². The Hall–Kier alpha value is -0.0500. The second kappa shape index (κ2) is 5.05. The van der Waals surface area contributed by atoms with Crippen LogP contribution in [-0.2, 0) is 9.53 Å². The van der Waals surface area contributed by atoms with Crippen LogP contribution in [0.1, 0.15) is 53.4 Å². The molecule has 0 bridgehead atoms. The Morgan fingerprint density at radius 2 is 1.84 bits per heavy atom. The summed E-state index contributed by atoms with van der Waals surface area (Å²) in [6.07, 6.45) is 4.66. The second-order valence-corrected chi connectivity index (χ2v) is 8.55. The van der Waals surface area contributed by atoms with Crippen molar-refractivity contribution in [2.75, 3.05) is 7.11 Å². The van der Waals surface area contributed by atoms with Gasteiger partial charge in [0.2, 0.25) is 0 Å². The molecule has 0 aromatic rings. The van der Waals surface area contributed by atoms with Crippen molar-refractivity contribution >= 4 is 21.9 Å². The van der Waals surface area contributed by atoms with Crippen molar-refractivity contribution in [3.63, 3.8) is 0 Å². The summed E-state index contributed by atoms with van der Waals surface area (Å²) in [5.41, 5.74) is 0.345. The summed E-state index contributed by atoms with van der Waals surface area (Å²) in [7, 11) is 1.53. The predicted molar refractivity (Wildman–Crippen MR) is 81.2 cm³/mol. The van der Waals surface area contributed by atoms with Gasteiger partial charge in [-0.05, 0) is 48.3 Å². The van der Waals surface area contributed by atoms with Gasteiger partial charge in [-0.3, -0.25) is 4.79 Å². The minimum Gasteiger partial charge on any atom is -0.469 e. The number of rotatable bonds is 1. The van der Waals surface area contributed by atoms with Gasteiger partial charge in [0.15, 0.2) is 0 Å². The second-order valence-electron chi connectivity index (χ2n) is 7.44. The highest BCUT2D eigenvalue weighted by Gasteiger charge is 2.58. The third-order valence-corrected chi connectivity index (χ3v) is 7.72. The number of alkyl halides is 1. The van der Waals surface area contributed by atoms with E-state index in [0.29, 0.717) is 16.7 Å². The number of hydrogen-bond donors (Lipinski definition) is 0. The molecule has 0 amide bonds. The largest absolute Gasteiger partial charge is 0.469 e. The predicted octanol–water partition coefficient (Wildman–Crippen LogP) is 4.41. The van der Waals surface area contributed by atoms with E-state index in [1.54, 1.807) is 0 Å². The van der Waals surface area contributed by atoms with Gasteiger partial charge in [-0.15, -0.1) is 0 Å². The Morgan fingerprint density at radius 3 is 2.42 bits per heavy atom. The standard InChI is InChI=1S/C16H27BrO2/c1-10-6-7-11-15(2,3)12(17)8-9-16(11,4)13(10)14(18)19-5/h10-13H,6-9H2,1-5H3/t10?,11-,12-,13?,16-/m0/s1. The Labute approximate surface area is 125 Å². The van der Waals surface area contributed by atoms with Crippen molar-refractivity contribution in [3.05, 3.63) is 0 Å². The molecule has 0 spiro atoms. The van der Waals surface area contributed by atoms with Gasteiger partial charge >= 0.3 is 5.97 Å². The number of fused-ring (bicyclic) bond motifs is 1. The van der Waals surface area contributed by atoms with Crippen LogP contribution < -0.4 is 0 Å². The molecule has 110 valence electrons. The van der Waals surface area contributed by atoms with Crippen LogP contribution in [0.2, 0.25) is 0 Å². The zero-order chi connectivity index (χ0) is 14.4. The number of carbonyl (C=O) groups excluding carboxylic acids is 1. The summed E-state index contributed by atoms with van der Waals surface area (Å²) in [6, 6.07) is 0. The SMILES string of the molecule is COC(=O)C1C(C)CC[C@H]2C(C)(C)[C@@H](Br)CC[C@]12C. The molecule has 0 aliphatic heterocycles. The molecular weight excluding hydrogens is 304 g/mol. The Bertz CT molecular complexity index is 366. The quantitative estimate of drug-likeness (QED) is 0.525. The lowest BCUT2D eigenvalue weighted by Gasteiger charge is -2.59. The van der Waals surface area contributed by atoms with Crippen molar-refractivity contribution in [2.45, 2.75) is 58.2 Å². The molecule has 0 radical (unpaired) electrons. The fraction of sp³-hybridized carbons (Fsp3) is 0.938. The molecule has 2 nitrogen and oxygen atoms in total. The topological polar surface area (TPSA) is 26.3 Å². The monoisotopic (exact) mass is 330 g/mol. The van der Waals surface area contributed by atoms with Gasteiger partial charge in [0.25, 0.3) is 0 Å². The molecule has 2 fully saturated rings. The average Bonchev–Trinajstić information content (AvgIpc) is 2.33. The summed E-state index contributed by atoms with van der Waals surface area (Å²) in [5.74, 6) is 1.11. The van der Waals surface area contributed by atoms with Gasteiger partial charge in [-0.1, -0.05) is 43.6 Å². The first-order valence-electron chi connectivity index (χ1n) is 7.47. The Balaban J connectivity index is 2.39. The molecule has 5 atom stereocenters. The van der Waals surface area contributed by atoms with E-state index in [2.05, 4.69) is 43.6 Å². The fourth-order valence-corrected chi connectivity index (χ4v) is 5.55. The van der Waals surface area contributed by atoms with Crippen LogP contribution in [0.15, 0.2) is 0 Å². The molecule has 2 rings (SSSR count). The lowest BCUT2D eigenvalue weighted by Crippen LogP contribution is -2.56. The number of hydrogen-bond acceptors (Lipinski definition) is 2. The lowest BCUT2D eigenvalue weighted by molar-refractivity contribution is -0.166. The molecule has 0 aromatic carbocycles. The highest BCUT2D eigenvalue weighted by atomic mass is 79.9. The van der Waals surface area contributed by atoms with Crippen LogP contribution in [0.3, 0.4) is 0 Å². The molecule has 2 aliphatic carbocycles. The molecule has 0 aromatic heterocycles. The summed E-state index contributed by atoms with van der Waals surface area (Å²) in [6.45, 7) is 9.27. The van der Waals surface area contributed by atoms with Crippen molar-refractivity contribution < 1.29 is 9.53 Å². The van der Waals surface area contributed by atoms with E-state index in [4.69, 9.17) is 4.74 Å². The molecule has 2 saturated carbocycles. The molecule has 0 saturated heterocycles. The normalized spacial score (nSPS) is 45.4. The lowest BCUT2D eigenvalue weighted by atomic mass is 9.46. The highest BCUT2D eigenvalue weighted by Crippen LogP contribution is 2.62. The number of ether oxygens (including phenoxy) is 1. The van der Waals surface area contributed by atoms with Crippen LogP contribution in [0.5, 0.6) is 0 Å². The van der Waals surface area contributed by atoms with E-state index in [1.807, 2.05) is 0 Å². The maximum atomic E-state index is 12.3. The van der Waals surface area contributed by atoms with Crippen LogP contribution in [0.4, 0.5) is 0 Å². The van der Waals surface area contributed by atoms with Gasteiger partial charge in [0.1, 0.15) is 0 Å². The number of halogens is 1. The summed E-state index contributed by atoms with van der Waals surface area (Å²) in [5, 5.41) is 0. The van der Waals surface area contributed by atoms with E-state index < -0.39 is 0 Å². The number of esters is 1. The first kappa shape index (κ1) is 15.3. The van der Waals surface area contributed by atoms with Gasteiger partial charge < -0.3 is 4.74 Å². The summed E-state index contributed by atoms with van der Waals surface area (Å²) >= 11 is 3.87. The summed E-state index contributed by atoms with van der Waals surface area (Å²) in [4.78, 5) is 12.9. The molecule has 0 N–H and O–H groups in total. The maximum absolute atomic E-state index is 12.3. The van der Waals surface area contributed by atoms with Crippen molar-refractivity contribution in [1.29, 1.82) is 0 Å². The van der Waals surface area contributed by atoms with Gasteiger partial charge in [0, 0.05) is 4.83 Å². The molecular formula is C16H27BrO2. The first-order chi connectivity index (χ1) is 8.75. The molecule has 19 heavy (non-hydrogen) atoms. The van der Waals surface area contributed by atoms with Crippen molar-refractivity contribution in [1.82, 2.24) is 0 Å². The number of carbonyl (C=O) groups is 1. The Morgan fingerprint density at radius 1 is 1.21 bits per heavy atom. The van der Waals surface area contributed by atoms with Crippen molar-refractivity contribution in [3.8, 4) is 0 Å². The Kier molecular flexibility index (Phi) is 4.08. The highest BCUT2D eigenvalue weighted by molar-refractivity contribution is 9.09. The zero-order valence-electron chi connectivity index (χ0n) is 12.8. The fourth-order valence-electron chi connectivity index (χ4n) is 5.00. The van der Waals surface area contributed by atoms with Gasteiger partial charge in [0.05, 0.1) is 13.0 Å². The summed E-state index contributed by atoms with van der Waals surface area (Å²) < 4.78 is 5.12. The van der Waals surface area contributed by atoms with Crippen LogP contribution >= 0.6 is 15.9 Å². The smallest absolute Gasteiger partial charge is 0.309 e. The third-order valence-electron chi connectivity index (χ3n) is 6.08. The maximum Gasteiger partial charge on any atom is 0.309 e. The first-order valence-corrected chi connectivity index (χ1v) is 8.38. The minimum absolute atomic E-state index is 0.00326. The van der Waals surface area contributed by atoms with E-state index in [-0.39, 0.29) is 22.7 Å². The molecule has 2 unspecified atom stereocenters. The van der Waals surface area contributed by atoms with Crippen LogP contribution in [-0.4, -0.2) is 17.9 Å². The van der Waals surface area contributed by atoms with E-state index >= 15 is 0 Å². The van der Waals surface area contributed by atoms with Gasteiger partial charge in [-0.2, -0.15) is 0 Å². The molecule has 0 heterocycles. The zero-order valence-corrected chi connectivity index (χ0v) is 14.4. The third kappa shape index (κ3) is 2.26. The van der Waals surface area contributed by atoms with Crippen molar-refractivity contribution in [2.24, 2.45) is 28.6 Å². The molecule has 3 heteroatoms. The van der Waals surface area contributed by atoms with Crippen LogP contribution in [0.25, 0.3) is 0 Å². The van der Waals surface area contributed by atoms with E-state index in [9.17, 15) is 4.79 Å². The minimum atomic E-state index is 0.00326. The van der Waals surface area contributed by atoms with Gasteiger partial charge in [-0.25, -0.2) is 0 Å². The molecule has 2 aliphatic rings. The van der Waals surface area contributed by atoms with E-state index in [1.165, 1.54) is 13.5 Å².